The number of anilines is 1. The Morgan fingerprint density at radius 1 is 1.16 bits per heavy atom. The number of rotatable bonds is 4. The van der Waals surface area contributed by atoms with E-state index < -0.39 is 0 Å². The second kappa shape index (κ2) is 5.20. The Hall–Kier alpha value is -1.57. The van der Waals surface area contributed by atoms with Crippen LogP contribution in [0.2, 0.25) is 0 Å². The van der Waals surface area contributed by atoms with Gasteiger partial charge in [0.2, 0.25) is 5.95 Å². The van der Waals surface area contributed by atoms with Crippen LogP contribution < -0.4 is 16.6 Å². The number of halogens is 1. The largest absolute Gasteiger partial charge is 0.356 e. The van der Waals surface area contributed by atoms with Crippen LogP contribution in [0.5, 0.6) is 0 Å². The number of aromatic nitrogens is 4. The minimum atomic E-state index is -0.373. The van der Waals surface area contributed by atoms with Gasteiger partial charge in [-0.1, -0.05) is 15.9 Å². The molecule has 0 bridgehead atoms. The van der Waals surface area contributed by atoms with Gasteiger partial charge in [0.25, 0.3) is 5.56 Å². The SMILES string of the molecule is Cn1c(=O)c2c(nc(NCCCBr)n2C)n(C)c1=O. The van der Waals surface area contributed by atoms with Gasteiger partial charge in [-0.25, -0.2) is 4.79 Å². The summed E-state index contributed by atoms with van der Waals surface area (Å²) in [5.74, 6) is 0.592. The number of hydrogen-bond acceptors (Lipinski definition) is 4. The third-order valence-electron chi connectivity index (χ3n) is 3.07. The zero-order valence-electron chi connectivity index (χ0n) is 11.1. The van der Waals surface area contributed by atoms with E-state index in [-0.39, 0.29) is 11.2 Å². The Bertz CT molecular complexity index is 727. The third-order valence-corrected chi connectivity index (χ3v) is 3.63. The maximum atomic E-state index is 12.1. The fourth-order valence-electron chi connectivity index (χ4n) is 1.94. The summed E-state index contributed by atoms with van der Waals surface area (Å²) in [6.07, 6.45) is 0.945. The molecule has 7 nitrogen and oxygen atoms in total. The average molecular weight is 330 g/mol. The number of nitrogens with one attached hydrogen (secondary N) is 1. The number of hydrogen-bond donors (Lipinski definition) is 1. The van der Waals surface area contributed by atoms with Crippen molar-refractivity contribution in [3.63, 3.8) is 0 Å². The van der Waals surface area contributed by atoms with Crippen LogP contribution in [0.4, 0.5) is 5.95 Å². The fraction of sp³-hybridized carbons (Fsp3) is 0.545. The Morgan fingerprint density at radius 2 is 1.84 bits per heavy atom. The van der Waals surface area contributed by atoms with E-state index in [0.717, 1.165) is 22.9 Å². The number of aryl methyl sites for hydroxylation is 2. The molecule has 0 aliphatic carbocycles. The standard InChI is InChI=1S/C11H16BrN5O2/c1-15-7-8(14-10(15)13-6-4-5-12)16(2)11(19)17(3)9(7)18/h4-6H2,1-3H3,(H,13,14). The highest BCUT2D eigenvalue weighted by Gasteiger charge is 2.16. The van der Waals surface area contributed by atoms with Crippen LogP contribution >= 0.6 is 15.9 Å². The van der Waals surface area contributed by atoms with Crippen LogP contribution in [0.3, 0.4) is 0 Å². The molecule has 0 atom stereocenters. The van der Waals surface area contributed by atoms with Gasteiger partial charge in [0, 0.05) is 33.0 Å². The molecule has 1 N–H and O–H groups in total. The number of nitrogens with zero attached hydrogens (tertiary/aromatic N) is 4. The van der Waals surface area contributed by atoms with Crippen molar-refractivity contribution in [1.82, 2.24) is 18.7 Å². The van der Waals surface area contributed by atoms with Crippen molar-refractivity contribution in [2.45, 2.75) is 6.42 Å². The zero-order chi connectivity index (χ0) is 14.2. The first kappa shape index (κ1) is 13.9. The molecule has 0 amide bonds. The van der Waals surface area contributed by atoms with Crippen molar-refractivity contribution in [3.05, 3.63) is 20.8 Å². The monoisotopic (exact) mass is 329 g/mol. The van der Waals surface area contributed by atoms with Crippen molar-refractivity contribution in [1.29, 1.82) is 0 Å². The first-order chi connectivity index (χ1) is 8.99. The molecule has 0 fully saturated rings. The predicted octanol–water partition coefficient (Wildman–Crippen LogP) is 0.168. The Balaban J connectivity index is 2.64. The summed E-state index contributed by atoms with van der Waals surface area (Å²) >= 11 is 3.35. The molecule has 0 saturated heterocycles. The van der Waals surface area contributed by atoms with Gasteiger partial charge in [0.05, 0.1) is 0 Å². The van der Waals surface area contributed by atoms with Gasteiger partial charge < -0.3 is 9.88 Å². The lowest BCUT2D eigenvalue weighted by atomic mass is 10.5. The fourth-order valence-corrected chi connectivity index (χ4v) is 2.22. The Kier molecular flexibility index (Phi) is 3.79. The van der Waals surface area contributed by atoms with Gasteiger partial charge >= 0.3 is 5.69 Å². The van der Waals surface area contributed by atoms with E-state index >= 15 is 0 Å². The molecule has 0 aromatic carbocycles. The smallest absolute Gasteiger partial charge is 0.332 e. The van der Waals surface area contributed by atoms with Crippen molar-refractivity contribution in [2.24, 2.45) is 21.1 Å². The summed E-state index contributed by atoms with van der Waals surface area (Å²) in [5, 5.41) is 4.05. The van der Waals surface area contributed by atoms with E-state index in [1.165, 1.54) is 11.6 Å². The van der Waals surface area contributed by atoms with Crippen LogP contribution in [0.1, 0.15) is 6.42 Å². The summed E-state index contributed by atoms with van der Waals surface area (Å²) in [5.41, 5.74) is 0.118. The van der Waals surface area contributed by atoms with E-state index in [9.17, 15) is 9.59 Å². The average Bonchev–Trinajstić information content (AvgIpc) is 2.72. The molecule has 2 heterocycles. The molecule has 2 aromatic heterocycles. The van der Waals surface area contributed by atoms with Crippen molar-refractivity contribution in [3.8, 4) is 0 Å². The summed E-state index contributed by atoms with van der Waals surface area (Å²) in [7, 11) is 4.84. The molecule has 0 unspecified atom stereocenters. The first-order valence-corrected chi connectivity index (χ1v) is 7.03. The molecule has 0 radical (unpaired) electrons. The lowest BCUT2D eigenvalue weighted by molar-refractivity contribution is 0.705. The number of fused-ring (bicyclic) bond motifs is 1. The minimum Gasteiger partial charge on any atom is -0.356 e. The topological polar surface area (TPSA) is 73.8 Å². The molecule has 19 heavy (non-hydrogen) atoms. The van der Waals surface area contributed by atoms with Crippen molar-refractivity contribution >= 4 is 33.0 Å². The number of alkyl halides is 1. The van der Waals surface area contributed by atoms with Crippen molar-refractivity contribution in [2.75, 3.05) is 17.2 Å². The molecule has 104 valence electrons. The van der Waals surface area contributed by atoms with E-state index in [4.69, 9.17) is 0 Å². The first-order valence-electron chi connectivity index (χ1n) is 5.91. The summed E-state index contributed by atoms with van der Waals surface area (Å²) in [4.78, 5) is 28.3. The molecular formula is C11H16BrN5O2. The predicted molar refractivity (Wildman–Crippen MR) is 78.1 cm³/mol. The Labute approximate surface area is 118 Å². The van der Waals surface area contributed by atoms with Gasteiger partial charge in [-0.3, -0.25) is 13.9 Å². The van der Waals surface area contributed by atoms with Gasteiger partial charge in [-0.15, -0.1) is 0 Å². The summed E-state index contributed by atoms with van der Waals surface area (Å²) < 4.78 is 4.16. The minimum absolute atomic E-state index is 0.332. The molecular weight excluding hydrogens is 314 g/mol. The third kappa shape index (κ3) is 2.20. The molecule has 2 aromatic rings. The quantitative estimate of drug-likeness (QED) is 0.641. The summed E-state index contributed by atoms with van der Waals surface area (Å²) in [6, 6.07) is 0. The van der Waals surface area contributed by atoms with E-state index in [1.807, 2.05) is 0 Å². The van der Waals surface area contributed by atoms with Gasteiger partial charge in [-0.2, -0.15) is 4.98 Å². The molecule has 8 heteroatoms. The maximum Gasteiger partial charge on any atom is 0.332 e. The van der Waals surface area contributed by atoms with Crippen LogP contribution in [0, 0.1) is 0 Å². The van der Waals surface area contributed by atoms with Gasteiger partial charge in [0.1, 0.15) is 0 Å². The van der Waals surface area contributed by atoms with Gasteiger partial charge in [-0.05, 0) is 6.42 Å². The second-order valence-corrected chi connectivity index (χ2v) is 5.13. The molecule has 0 saturated carbocycles. The zero-order valence-corrected chi connectivity index (χ0v) is 12.7. The van der Waals surface area contributed by atoms with Crippen LogP contribution in [-0.4, -0.2) is 30.6 Å². The Morgan fingerprint density at radius 3 is 2.47 bits per heavy atom. The maximum absolute atomic E-state index is 12.1. The van der Waals surface area contributed by atoms with Crippen molar-refractivity contribution < 1.29 is 0 Å². The highest BCUT2D eigenvalue weighted by Crippen LogP contribution is 2.12. The van der Waals surface area contributed by atoms with E-state index in [1.54, 1.807) is 18.7 Å². The van der Waals surface area contributed by atoms with Crippen LogP contribution in [0.25, 0.3) is 11.2 Å². The second-order valence-electron chi connectivity index (χ2n) is 4.34. The molecule has 0 aliphatic rings. The van der Waals surface area contributed by atoms with E-state index in [0.29, 0.717) is 17.1 Å². The van der Waals surface area contributed by atoms with Crippen LogP contribution in [-0.2, 0) is 21.1 Å². The van der Waals surface area contributed by atoms with E-state index in [2.05, 4.69) is 26.2 Å². The highest BCUT2D eigenvalue weighted by atomic mass is 79.9. The molecule has 2 rings (SSSR count). The lowest BCUT2D eigenvalue weighted by Crippen LogP contribution is -2.37. The van der Waals surface area contributed by atoms with Crippen LogP contribution in [0.15, 0.2) is 9.59 Å². The molecule has 0 spiro atoms. The molecule has 0 aliphatic heterocycles. The number of imidazole rings is 1. The normalized spacial score (nSPS) is 11.2. The van der Waals surface area contributed by atoms with Gasteiger partial charge in [0.15, 0.2) is 11.2 Å². The lowest BCUT2D eigenvalue weighted by Gasteiger charge is -2.04. The summed E-state index contributed by atoms with van der Waals surface area (Å²) in [6.45, 7) is 0.747. The highest BCUT2D eigenvalue weighted by molar-refractivity contribution is 9.09.